The number of carbonyl (C=O) groups is 1. The minimum atomic E-state index is -0.118. The zero-order valence-electron chi connectivity index (χ0n) is 12.0. The number of imidazole rings is 1. The molecule has 112 valence electrons. The van der Waals surface area contributed by atoms with Crippen LogP contribution in [-0.2, 0) is 4.74 Å². The topological polar surface area (TPSA) is 81.1 Å². The van der Waals surface area contributed by atoms with Crippen LogP contribution in [0.4, 0.5) is 0 Å². The fourth-order valence-electron chi connectivity index (χ4n) is 1.76. The minimum Gasteiger partial charge on any atom is -0.383 e. The normalized spacial score (nSPS) is 10.5. The van der Waals surface area contributed by atoms with Gasteiger partial charge in [0, 0.05) is 50.9 Å². The maximum Gasteiger partial charge on any atom is 0.251 e. The van der Waals surface area contributed by atoms with Crippen molar-refractivity contribution in [3.63, 3.8) is 0 Å². The van der Waals surface area contributed by atoms with Crippen LogP contribution in [-0.4, -0.2) is 53.8 Å². The molecule has 2 N–H and O–H groups in total. The van der Waals surface area contributed by atoms with Gasteiger partial charge in [-0.25, -0.2) is 9.97 Å². The Kier molecular flexibility index (Phi) is 5.86. The number of carbonyl (C=O) groups excluding carboxylic acids is 1. The van der Waals surface area contributed by atoms with Crippen molar-refractivity contribution in [2.45, 2.75) is 0 Å². The Bertz CT molecular complexity index is 556. The maximum absolute atomic E-state index is 12.0. The van der Waals surface area contributed by atoms with Gasteiger partial charge in [0.05, 0.1) is 6.61 Å². The second-order valence-electron chi connectivity index (χ2n) is 4.37. The summed E-state index contributed by atoms with van der Waals surface area (Å²) < 4.78 is 6.68. The van der Waals surface area contributed by atoms with E-state index >= 15 is 0 Å². The largest absolute Gasteiger partial charge is 0.383 e. The molecule has 0 atom stereocenters. The van der Waals surface area contributed by atoms with Gasteiger partial charge in [-0.3, -0.25) is 9.36 Å². The van der Waals surface area contributed by atoms with Crippen molar-refractivity contribution >= 4 is 5.91 Å². The predicted octanol–water partition coefficient (Wildman–Crippen LogP) is 0.233. The predicted molar refractivity (Wildman–Crippen MR) is 78.4 cm³/mol. The van der Waals surface area contributed by atoms with Crippen LogP contribution in [0.2, 0.25) is 0 Å². The highest BCUT2D eigenvalue weighted by Crippen LogP contribution is 2.06. The molecule has 0 aliphatic rings. The van der Waals surface area contributed by atoms with Crippen LogP contribution in [0.1, 0.15) is 10.4 Å². The first-order valence-corrected chi connectivity index (χ1v) is 6.73. The molecule has 2 aromatic heterocycles. The summed E-state index contributed by atoms with van der Waals surface area (Å²) >= 11 is 0. The number of nitrogens with one attached hydrogen (secondary N) is 2. The Labute approximate surface area is 123 Å². The molecule has 2 aromatic rings. The van der Waals surface area contributed by atoms with Crippen molar-refractivity contribution < 1.29 is 9.53 Å². The van der Waals surface area contributed by atoms with Gasteiger partial charge in [-0.2, -0.15) is 0 Å². The van der Waals surface area contributed by atoms with Crippen LogP contribution in [0, 0.1) is 0 Å². The average molecular weight is 289 g/mol. The van der Waals surface area contributed by atoms with E-state index in [0.29, 0.717) is 31.1 Å². The lowest BCUT2D eigenvalue weighted by molar-refractivity contribution is 0.0953. The fourth-order valence-corrected chi connectivity index (χ4v) is 1.76. The van der Waals surface area contributed by atoms with E-state index in [0.717, 1.165) is 6.54 Å². The summed E-state index contributed by atoms with van der Waals surface area (Å²) in [4.78, 5) is 20.2. The number of hydrogen-bond acceptors (Lipinski definition) is 5. The highest BCUT2D eigenvalue weighted by molar-refractivity contribution is 5.94. The van der Waals surface area contributed by atoms with E-state index in [-0.39, 0.29) is 5.91 Å². The maximum atomic E-state index is 12.0. The summed E-state index contributed by atoms with van der Waals surface area (Å²) in [5, 5.41) is 6.02. The summed E-state index contributed by atoms with van der Waals surface area (Å²) in [5.74, 6) is 0.547. The third kappa shape index (κ3) is 4.66. The van der Waals surface area contributed by atoms with E-state index in [9.17, 15) is 4.79 Å². The van der Waals surface area contributed by atoms with Crippen molar-refractivity contribution in [1.29, 1.82) is 0 Å². The Morgan fingerprint density at radius 1 is 1.33 bits per heavy atom. The molecule has 1 amide bonds. The lowest BCUT2D eigenvalue weighted by atomic mass is 10.2. The van der Waals surface area contributed by atoms with Crippen molar-refractivity contribution in [1.82, 2.24) is 25.2 Å². The van der Waals surface area contributed by atoms with E-state index in [4.69, 9.17) is 4.74 Å². The first-order valence-electron chi connectivity index (χ1n) is 6.73. The number of aromatic nitrogens is 3. The average Bonchev–Trinajstić information content (AvgIpc) is 3.05. The number of ether oxygens (including phenoxy) is 1. The van der Waals surface area contributed by atoms with Crippen LogP contribution in [0.5, 0.6) is 0 Å². The lowest BCUT2D eigenvalue weighted by Crippen LogP contribution is -2.33. The molecular weight excluding hydrogens is 270 g/mol. The molecule has 0 saturated carbocycles. The second kappa shape index (κ2) is 8.13. The number of hydrogen-bond donors (Lipinski definition) is 2. The third-order valence-corrected chi connectivity index (χ3v) is 2.85. The van der Waals surface area contributed by atoms with Gasteiger partial charge in [-0.15, -0.1) is 0 Å². The number of nitrogens with zero attached hydrogens (tertiary/aromatic N) is 3. The molecule has 0 aliphatic heterocycles. The molecular formula is C14H19N5O2. The van der Waals surface area contributed by atoms with Gasteiger partial charge in [0.25, 0.3) is 5.91 Å². The molecule has 0 radical (unpaired) electrons. The van der Waals surface area contributed by atoms with Crippen molar-refractivity contribution in [2.75, 3.05) is 33.4 Å². The smallest absolute Gasteiger partial charge is 0.251 e. The molecule has 0 aromatic carbocycles. The van der Waals surface area contributed by atoms with Gasteiger partial charge in [-0.05, 0) is 12.1 Å². The summed E-state index contributed by atoms with van der Waals surface area (Å²) in [7, 11) is 1.66. The quantitative estimate of drug-likeness (QED) is 0.680. The number of rotatable bonds is 8. The standard InChI is InChI=1S/C14H19N5O2/c1-21-9-7-15-4-5-18-14(20)12-2-3-17-13(10-12)19-8-6-16-11-19/h2-3,6,8,10-11,15H,4-5,7,9H2,1H3,(H,18,20). The van der Waals surface area contributed by atoms with Gasteiger partial charge in [0.1, 0.15) is 12.1 Å². The molecule has 7 heteroatoms. The molecule has 0 fully saturated rings. The highest BCUT2D eigenvalue weighted by atomic mass is 16.5. The summed E-state index contributed by atoms with van der Waals surface area (Å²) in [6, 6.07) is 3.42. The first-order chi connectivity index (χ1) is 10.3. The zero-order valence-corrected chi connectivity index (χ0v) is 12.0. The molecule has 2 heterocycles. The van der Waals surface area contributed by atoms with Gasteiger partial charge < -0.3 is 15.4 Å². The second-order valence-corrected chi connectivity index (χ2v) is 4.37. The van der Waals surface area contributed by atoms with Crippen LogP contribution in [0.3, 0.4) is 0 Å². The zero-order chi connectivity index (χ0) is 14.9. The van der Waals surface area contributed by atoms with Crippen molar-refractivity contribution in [2.24, 2.45) is 0 Å². The Morgan fingerprint density at radius 2 is 2.24 bits per heavy atom. The molecule has 0 aliphatic carbocycles. The van der Waals surface area contributed by atoms with Crippen molar-refractivity contribution in [3.05, 3.63) is 42.6 Å². The third-order valence-electron chi connectivity index (χ3n) is 2.85. The van der Waals surface area contributed by atoms with E-state index in [1.807, 2.05) is 0 Å². The van der Waals surface area contributed by atoms with E-state index in [1.165, 1.54) is 0 Å². The van der Waals surface area contributed by atoms with Gasteiger partial charge in [-0.1, -0.05) is 0 Å². The Hall–Kier alpha value is -2.25. The van der Waals surface area contributed by atoms with Crippen LogP contribution >= 0.6 is 0 Å². The molecule has 0 unspecified atom stereocenters. The van der Waals surface area contributed by atoms with Crippen LogP contribution in [0.15, 0.2) is 37.1 Å². The SMILES string of the molecule is COCCNCCNC(=O)c1ccnc(-n2ccnc2)c1. The summed E-state index contributed by atoms with van der Waals surface area (Å²) in [6.45, 7) is 2.69. The fraction of sp³-hybridized carbons (Fsp3) is 0.357. The number of amides is 1. The minimum absolute atomic E-state index is 0.118. The van der Waals surface area contributed by atoms with Gasteiger partial charge >= 0.3 is 0 Å². The molecule has 0 saturated heterocycles. The van der Waals surface area contributed by atoms with Gasteiger partial charge in [0.2, 0.25) is 0 Å². The molecule has 7 nitrogen and oxygen atoms in total. The lowest BCUT2D eigenvalue weighted by Gasteiger charge is -2.07. The summed E-state index contributed by atoms with van der Waals surface area (Å²) in [6.07, 6.45) is 6.70. The number of pyridine rings is 1. The Balaban J connectivity index is 1.84. The van der Waals surface area contributed by atoms with Gasteiger partial charge in [0.15, 0.2) is 0 Å². The molecule has 2 rings (SSSR count). The van der Waals surface area contributed by atoms with Crippen LogP contribution < -0.4 is 10.6 Å². The van der Waals surface area contributed by atoms with E-state index in [2.05, 4.69) is 20.6 Å². The first kappa shape index (κ1) is 15.1. The monoisotopic (exact) mass is 289 g/mol. The van der Waals surface area contributed by atoms with Crippen molar-refractivity contribution in [3.8, 4) is 5.82 Å². The molecule has 0 spiro atoms. The molecule has 0 bridgehead atoms. The van der Waals surface area contributed by atoms with Crippen LogP contribution in [0.25, 0.3) is 5.82 Å². The number of methoxy groups -OCH3 is 1. The Morgan fingerprint density at radius 3 is 3.00 bits per heavy atom. The van der Waals surface area contributed by atoms with E-state index in [1.54, 1.807) is 48.7 Å². The highest BCUT2D eigenvalue weighted by Gasteiger charge is 2.07. The van der Waals surface area contributed by atoms with E-state index < -0.39 is 0 Å². The molecule has 21 heavy (non-hydrogen) atoms. The summed E-state index contributed by atoms with van der Waals surface area (Å²) in [5.41, 5.74) is 0.575.